The number of aliphatic hydroxyl groups is 1. The first-order valence-corrected chi connectivity index (χ1v) is 24.0. The van der Waals surface area contributed by atoms with Crippen LogP contribution >= 0.6 is 0 Å². The second-order valence-corrected chi connectivity index (χ2v) is 19.3. The number of rotatable bonds is 19. The molecule has 10 nitrogen and oxygen atoms in total. The van der Waals surface area contributed by atoms with Crippen LogP contribution in [0.3, 0.4) is 0 Å². The average molecular weight is 885 g/mol. The zero-order valence-corrected chi connectivity index (χ0v) is 41.1. The number of aromatic nitrogens is 4. The number of fused-ring (bicyclic) bond motifs is 8. The molecule has 5 heterocycles. The molecule has 3 N–H and O–H groups in total. The Morgan fingerprint density at radius 2 is 1.37 bits per heavy atom. The predicted molar refractivity (Wildman–Crippen MR) is 265 cm³/mol. The lowest BCUT2D eigenvalue weighted by atomic mass is 9.91. The fourth-order valence-corrected chi connectivity index (χ4v) is 9.87. The second kappa shape index (κ2) is 21.2. The molecule has 3 aromatic rings. The largest absolute Gasteiger partial charge is 0.512 e. The van der Waals surface area contributed by atoms with Gasteiger partial charge in [-0.05, 0) is 143 Å². The maximum atomic E-state index is 14.3. The van der Waals surface area contributed by atoms with Crippen molar-refractivity contribution in [3.8, 4) is 0 Å². The Kier molecular flexibility index (Phi) is 16.0. The molecule has 0 aromatic carbocycles. The van der Waals surface area contributed by atoms with Crippen molar-refractivity contribution in [1.29, 1.82) is 0 Å². The van der Waals surface area contributed by atoms with Gasteiger partial charge in [-0.2, -0.15) is 0 Å². The number of aliphatic hydroxyl groups excluding tert-OH is 1. The zero-order chi connectivity index (χ0) is 47.3. The first-order chi connectivity index (χ1) is 30.9. The summed E-state index contributed by atoms with van der Waals surface area (Å²) in [4.78, 5) is 58.6. The lowest BCUT2D eigenvalue weighted by Gasteiger charge is -2.15. The van der Waals surface area contributed by atoms with Crippen LogP contribution in [0.1, 0.15) is 184 Å². The maximum absolute atomic E-state index is 14.3. The molecule has 0 amide bonds. The number of Topliss-reactive ketones (excluding diaryl/α,β-unsaturated/α-hetero) is 1. The van der Waals surface area contributed by atoms with Crippen molar-refractivity contribution >= 4 is 73.4 Å². The van der Waals surface area contributed by atoms with E-state index in [9.17, 15) is 19.5 Å². The van der Waals surface area contributed by atoms with E-state index in [1.54, 1.807) is 6.92 Å². The molecular formula is C55H72N4O6. The summed E-state index contributed by atoms with van der Waals surface area (Å²) in [5.74, 6) is 0.918. The van der Waals surface area contributed by atoms with E-state index in [-0.39, 0.29) is 36.8 Å². The highest BCUT2D eigenvalue weighted by molar-refractivity contribution is 6.48. The minimum Gasteiger partial charge on any atom is -0.512 e. The van der Waals surface area contributed by atoms with Gasteiger partial charge in [0, 0.05) is 27.9 Å². The van der Waals surface area contributed by atoms with Gasteiger partial charge in [-0.15, -0.1) is 0 Å². The van der Waals surface area contributed by atoms with Crippen molar-refractivity contribution in [2.45, 2.75) is 153 Å². The number of hydrogen-bond donors (Lipinski definition) is 3. The highest BCUT2D eigenvalue weighted by atomic mass is 16.5. The Hall–Kier alpha value is -5.51. The quantitative estimate of drug-likeness (QED) is 0.0796. The van der Waals surface area contributed by atoms with Crippen molar-refractivity contribution in [2.24, 2.45) is 17.8 Å². The number of aryl methyl sites for hydroxylation is 2. The number of hydrogen-bond acceptors (Lipinski definition) is 8. The van der Waals surface area contributed by atoms with E-state index in [0.29, 0.717) is 55.4 Å². The van der Waals surface area contributed by atoms with Crippen molar-refractivity contribution < 1.29 is 29.0 Å². The number of carbonyl (C=O) groups excluding carboxylic acids is 3. The summed E-state index contributed by atoms with van der Waals surface area (Å²) >= 11 is 0. The van der Waals surface area contributed by atoms with Gasteiger partial charge < -0.3 is 24.5 Å². The van der Waals surface area contributed by atoms with Crippen molar-refractivity contribution in [3.05, 3.63) is 79.8 Å². The topological polar surface area (TPSA) is 147 Å². The van der Waals surface area contributed by atoms with Gasteiger partial charge in [-0.3, -0.25) is 9.59 Å². The van der Waals surface area contributed by atoms with E-state index < -0.39 is 11.8 Å². The molecule has 0 saturated carbocycles. The molecule has 10 heteroatoms. The summed E-state index contributed by atoms with van der Waals surface area (Å²) in [5, 5.41) is 12.0. The number of methoxy groups -OCH3 is 1. The van der Waals surface area contributed by atoms with Gasteiger partial charge >= 0.3 is 11.9 Å². The summed E-state index contributed by atoms with van der Waals surface area (Å²) < 4.78 is 11.0. The van der Waals surface area contributed by atoms with E-state index in [2.05, 4.69) is 51.5 Å². The predicted octanol–water partition coefficient (Wildman–Crippen LogP) is 12.1. The summed E-state index contributed by atoms with van der Waals surface area (Å²) in [5.41, 5.74) is 11.8. The third-order valence-electron chi connectivity index (χ3n) is 13.9. The number of aromatic amines is 2. The third-order valence-corrected chi connectivity index (χ3v) is 13.9. The van der Waals surface area contributed by atoms with Crippen molar-refractivity contribution in [1.82, 2.24) is 19.9 Å². The molecule has 65 heavy (non-hydrogen) atoms. The lowest BCUT2D eigenvalue weighted by Crippen LogP contribution is -2.20. The molecule has 6 rings (SSSR count). The first-order valence-electron chi connectivity index (χ1n) is 24.0. The van der Waals surface area contributed by atoms with E-state index in [1.807, 2.05) is 52.0 Å². The number of H-pyrrole nitrogens is 2. The molecule has 0 saturated heterocycles. The molecule has 2 aliphatic heterocycles. The first kappa shape index (κ1) is 48.9. The van der Waals surface area contributed by atoms with Gasteiger partial charge in [0.05, 0.1) is 52.2 Å². The molecule has 1 aliphatic carbocycles. The lowest BCUT2D eigenvalue weighted by molar-refractivity contribution is -0.142. The van der Waals surface area contributed by atoms with Crippen LogP contribution in [-0.4, -0.2) is 56.5 Å². The monoisotopic (exact) mass is 885 g/mol. The Labute approximate surface area is 385 Å². The van der Waals surface area contributed by atoms with Gasteiger partial charge in [0.2, 0.25) is 5.78 Å². The van der Waals surface area contributed by atoms with E-state index in [4.69, 9.17) is 19.4 Å². The smallest absolute Gasteiger partial charge is 0.342 e. The maximum Gasteiger partial charge on any atom is 0.342 e. The molecule has 3 aromatic heterocycles. The Morgan fingerprint density at radius 3 is 2.02 bits per heavy atom. The third kappa shape index (κ3) is 10.8. The second-order valence-electron chi connectivity index (χ2n) is 19.3. The van der Waals surface area contributed by atoms with Gasteiger partial charge in [0.15, 0.2) is 0 Å². The summed E-state index contributed by atoms with van der Waals surface area (Å²) in [6, 6.07) is 5.84. The van der Waals surface area contributed by atoms with Gasteiger partial charge in [-0.25, -0.2) is 14.8 Å². The van der Waals surface area contributed by atoms with Crippen LogP contribution in [0.25, 0.3) is 55.7 Å². The standard InChI is InChI=1S/C55H72N4O6/c1-13-39-34(7)41-29-46-48(38(11)60)36(9)43(57-46)27-42-35(8)40(52(58-42)50-51(55(63)64-12)54(62)49-37(10)44(59-53(49)50)28-45(39)56-41)23-24-47(61)65-26-25-33(6)22-16-21-32(5)20-15-19-31(4)18-14-17-30(2)3/h25,27-32,57,59-60H,13-24,26H2,1-12H3/b33-25+,42-27?,45-28?,46-29?,48-38?/t31-,32-/m1/s1. The fourth-order valence-electron chi connectivity index (χ4n) is 9.87. The van der Waals surface area contributed by atoms with Crippen LogP contribution in [0.4, 0.5) is 0 Å². The van der Waals surface area contributed by atoms with Crippen LogP contribution in [0.15, 0.2) is 29.8 Å². The van der Waals surface area contributed by atoms with Crippen LogP contribution in [-0.2, 0) is 19.1 Å². The minimum absolute atomic E-state index is 0.0670. The SMILES string of the molecule is CCC1=C(C)c2cc3[nH]c(cc4nc(c5c6[nH]c(cc1n2)c(C)c6C(=O)C=5C(=O)OC)C(CCC(=O)OC/C=C(\C)CCC[C@H](C)CCC[C@H](C)CCCC(C)C)=C4C)c(C)c3=C(C)O. The van der Waals surface area contributed by atoms with Crippen LogP contribution in [0.5, 0.6) is 0 Å². The van der Waals surface area contributed by atoms with E-state index in [1.165, 1.54) is 57.6 Å². The molecule has 8 bridgehead atoms. The number of esters is 2. The number of nitrogens with zero attached hydrogens (tertiary/aromatic N) is 2. The minimum atomic E-state index is -0.759. The summed E-state index contributed by atoms with van der Waals surface area (Å²) in [6.45, 7) is 23.2. The summed E-state index contributed by atoms with van der Waals surface area (Å²) in [7, 11) is 1.26. The van der Waals surface area contributed by atoms with Gasteiger partial charge in [-0.1, -0.05) is 85.1 Å². The molecule has 2 atom stereocenters. The highest BCUT2D eigenvalue weighted by Crippen LogP contribution is 2.37. The number of nitrogens with one attached hydrogen (secondary N) is 2. The van der Waals surface area contributed by atoms with Gasteiger partial charge in [0.25, 0.3) is 0 Å². The molecular weight excluding hydrogens is 813 g/mol. The number of carbonyl (C=O) groups is 3. The van der Waals surface area contributed by atoms with E-state index in [0.717, 1.165) is 75.9 Å². The Bertz CT molecular complexity index is 2750. The normalized spacial score (nSPS) is 15.4. The molecule has 0 fully saturated rings. The Morgan fingerprint density at radius 1 is 0.769 bits per heavy atom. The van der Waals surface area contributed by atoms with Crippen LogP contribution in [0.2, 0.25) is 0 Å². The molecule has 0 unspecified atom stereocenters. The zero-order valence-electron chi connectivity index (χ0n) is 41.1. The average Bonchev–Trinajstić information content (AvgIpc) is 4.00. The number of ether oxygens (including phenoxy) is 2. The van der Waals surface area contributed by atoms with Gasteiger partial charge in [0.1, 0.15) is 12.2 Å². The Balaban J connectivity index is 1.28. The fraction of sp³-hybridized carbons (Fsp3) is 0.509. The van der Waals surface area contributed by atoms with E-state index >= 15 is 0 Å². The number of allylic oxidation sites excluding steroid dienone is 5. The van der Waals surface area contributed by atoms with Crippen LogP contribution < -0.4 is 10.4 Å². The molecule has 348 valence electrons. The summed E-state index contributed by atoms with van der Waals surface area (Å²) in [6.07, 6.45) is 14.3. The molecule has 0 spiro atoms. The van der Waals surface area contributed by atoms with Crippen molar-refractivity contribution in [3.63, 3.8) is 0 Å². The molecule has 3 aliphatic rings. The molecule has 0 radical (unpaired) electrons. The van der Waals surface area contributed by atoms with Crippen LogP contribution in [0, 0.1) is 31.6 Å². The number of ketones is 1. The highest BCUT2D eigenvalue weighted by Gasteiger charge is 2.35. The van der Waals surface area contributed by atoms with Crippen molar-refractivity contribution in [2.75, 3.05) is 13.7 Å².